The highest BCUT2D eigenvalue weighted by atomic mass is 16.5. The fourth-order valence-electron chi connectivity index (χ4n) is 3.13. The van der Waals surface area contributed by atoms with Crippen LogP contribution in [0.1, 0.15) is 37.7 Å². The summed E-state index contributed by atoms with van der Waals surface area (Å²) < 4.78 is 5.79. The molecule has 4 nitrogen and oxygen atoms in total. The Hall–Kier alpha value is -1.55. The lowest BCUT2D eigenvalue weighted by Crippen LogP contribution is -2.19. The maximum Gasteiger partial charge on any atom is 0.224 e. The van der Waals surface area contributed by atoms with Gasteiger partial charge in [0, 0.05) is 12.1 Å². The fraction of sp³-hybridized carbons (Fsp3) is 0.562. The number of amides is 1. The van der Waals surface area contributed by atoms with Gasteiger partial charge in [-0.1, -0.05) is 6.42 Å². The van der Waals surface area contributed by atoms with E-state index in [0.717, 1.165) is 49.1 Å². The van der Waals surface area contributed by atoms with E-state index < -0.39 is 0 Å². The van der Waals surface area contributed by atoms with Crippen molar-refractivity contribution in [3.05, 3.63) is 23.8 Å². The molecule has 3 rings (SSSR count). The average Bonchev–Trinajstić information content (AvgIpc) is 2.85. The Morgan fingerprint density at radius 3 is 3.00 bits per heavy atom. The third-order valence-corrected chi connectivity index (χ3v) is 4.35. The van der Waals surface area contributed by atoms with Crippen molar-refractivity contribution in [2.45, 2.75) is 44.6 Å². The maximum absolute atomic E-state index is 11.3. The van der Waals surface area contributed by atoms with Gasteiger partial charge in [-0.15, -0.1) is 0 Å². The first-order valence-electron chi connectivity index (χ1n) is 7.46. The summed E-state index contributed by atoms with van der Waals surface area (Å²) in [6.07, 6.45) is 5.27. The molecule has 0 bridgehead atoms. The number of carbonyl (C=O) groups is 1. The van der Waals surface area contributed by atoms with Crippen molar-refractivity contribution in [3.63, 3.8) is 0 Å². The van der Waals surface area contributed by atoms with E-state index in [0.29, 0.717) is 18.9 Å². The third kappa shape index (κ3) is 2.96. The highest BCUT2D eigenvalue weighted by Crippen LogP contribution is 2.29. The van der Waals surface area contributed by atoms with Crippen molar-refractivity contribution in [1.82, 2.24) is 0 Å². The molecule has 1 heterocycles. The first kappa shape index (κ1) is 13.4. The van der Waals surface area contributed by atoms with E-state index in [1.807, 2.05) is 18.2 Å². The van der Waals surface area contributed by atoms with E-state index in [2.05, 4.69) is 5.32 Å². The number of benzene rings is 1. The van der Waals surface area contributed by atoms with Gasteiger partial charge < -0.3 is 15.2 Å². The molecule has 108 valence electrons. The van der Waals surface area contributed by atoms with Crippen LogP contribution in [0.15, 0.2) is 18.2 Å². The van der Waals surface area contributed by atoms with Gasteiger partial charge in [0.25, 0.3) is 0 Å². The molecule has 1 aliphatic carbocycles. The van der Waals surface area contributed by atoms with Crippen molar-refractivity contribution >= 4 is 11.6 Å². The Kier molecular flexibility index (Phi) is 3.92. The zero-order valence-corrected chi connectivity index (χ0v) is 11.6. The maximum atomic E-state index is 11.3. The molecule has 2 atom stereocenters. The van der Waals surface area contributed by atoms with Gasteiger partial charge in [0.15, 0.2) is 0 Å². The van der Waals surface area contributed by atoms with Crippen LogP contribution in [0.3, 0.4) is 0 Å². The standard InChI is InChI=1S/C16H21NO3/c18-15-3-1-2-11(15)8-9-20-13-5-6-14-12(10-13)4-7-16(19)17-14/h5-6,10-11,15,18H,1-4,7-9H2,(H,17,19). The Bertz CT molecular complexity index is 500. The summed E-state index contributed by atoms with van der Waals surface area (Å²) in [7, 11) is 0. The lowest BCUT2D eigenvalue weighted by molar-refractivity contribution is -0.116. The summed E-state index contributed by atoms with van der Waals surface area (Å²) in [4.78, 5) is 11.3. The first-order valence-corrected chi connectivity index (χ1v) is 7.46. The molecule has 1 fully saturated rings. The predicted molar refractivity (Wildman–Crippen MR) is 76.9 cm³/mol. The number of aryl methyl sites for hydroxylation is 1. The van der Waals surface area contributed by atoms with Crippen LogP contribution < -0.4 is 10.1 Å². The second-order valence-corrected chi connectivity index (χ2v) is 5.76. The van der Waals surface area contributed by atoms with Crippen molar-refractivity contribution in [2.24, 2.45) is 5.92 Å². The summed E-state index contributed by atoms with van der Waals surface area (Å²) in [5, 5.41) is 12.6. The molecule has 1 saturated carbocycles. The quantitative estimate of drug-likeness (QED) is 0.887. The molecule has 1 aliphatic heterocycles. The second-order valence-electron chi connectivity index (χ2n) is 5.76. The van der Waals surface area contributed by atoms with E-state index in [1.54, 1.807) is 0 Å². The second kappa shape index (κ2) is 5.83. The smallest absolute Gasteiger partial charge is 0.224 e. The lowest BCUT2D eigenvalue weighted by Gasteiger charge is -2.18. The number of hydrogen-bond acceptors (Lipinski definition) is 3. The van der Waals surface area contributed by atoms with Crippen LogP contribution in [0.4, 0.5) is 5.69 Å². The molecule has 2 aliphatic rings. The van der Waals surface area contributed by atoms with Gasteiger partial charge >= 0.3 is 0 Å². The Balaban J connectivity index is 1.54. The summed E-state index contributed by atoms with van der Waals surface area (Å²) in [6.45, 7) is 0.646. The first-order chi connectivity index (χ1) is 9.72. The number of anilines is 1. The Morgan fingerprint density at radius 1 is 1.30 bits per heavy atom. The van der Waals surface area contributed by atoms with Crippen LogP contribution in [-0.2, 0) is 11.2 Å². The summed E-state index contributed by atoms with van der Waals surface area (Å²) in [5.74, 6) is 1.33. The SMILES string of the molecule is O=C1CCc2cc(OCCC3CCCC3O)ccc2N1. The van der Waals surface area contributed by atoms with Crippen molar-refractivity contribution in [3.8, 4) is 5.75 Å². The highest BCUT2D eigenvalue weighted by molar-refractivity contribution is 5.93. The molecule has 0 spiro atoms. The monoisotopic (exact) mass is 275 g/mol. The van der Waals surface area contributed by atoms with E-state index in [4.69, 9.17) is 4.74 Å². The van der Waals surface area contributed by atoms with Crippen molar-refractivity contribution < 1.29 is 14.6 Å². The number of nitrogens with one attached hydrogen (secondary N) is 1. The van der Waals surface area contributed by atoms with Crippen LogP contribution in [0, 0.1) is 5.92 Å². The van der Waals surface area contributed by atoms with Gasteiger partial charge in [-0.05, 0) is 55.4 Å². The molecule has 1 amide bonds. The number of aliphatic hydroxyl groups is 1. The molecule has 2 unspecified atom stereocenters. The van der Waals surface area contributed by atoms with Crippen LogP contribution in [0.25, 0.3) is 0 Å². The van der Waals surface area contributed by atoms with Gasteiger partial charge in [-0.3, -0.25) is 4.79 Å². The molecule has 4 heteroatoms. The zero-order chi connectivity index (χ0) is 13.9. The summed E-state index contributed by atoms with van der Waals surface area (Å²) in [5.41, 5.74) is 2.04. The molecular weight excluding hydrogens is 254 g/mol. The number of aliphatic hydroxyl groups excluding tert-OH is 1. The van der Waals surface area contributed by atoms with Gasteiger partial charge in [-0.25, -0.2) is 0 Å². The number of ether oxygens (including phenoxy) is 1. The average molecular weight is 275 g/mol. The molecule has 0 saturated heterocycles. The predicted octanol–water partition coefficient (Wildman–Crippen LogP) is 2.50. The van der Waals surface area contributed by atoms with Gasteiger partial charge in [0.05, 0.1) is 12.7 Å². The van der Waals surface area contributed by atoms with E-state index in [9.17, 15) is 9.90 Å². The molecule has 2 N–H and O–H groups in total. The fourth-order valence-corrected chi connectivity index (χ4v) is 3.13. The minimum atomic E-state index is -0.141. The van der Waals surface area contributed by atoms with Crippen molar-refractivity contribution in [2.75, 3.05) is 11.9 Å². The number of carbonyl (C=O) groups excluding carboxylic acids is 1. The van der Waals surface area contributed by atoms with E-state index >= 15 is 0 Å². The number of hydrogen-bond donors (Lipinski definition) is 2. The largest absolute Gasteiger partial charge is 0.494 e. The summed E-state index contributed by atoms with van der Waals surface area (Å²) in [6, 6.07) is 5.82. The Morgan fingerprint density at radius 2 is 2.20 bits per heavy atom. The minimum Gasteiger partial charge on any atom is -0.494 e. The van der Waals surface area contributed by atoms with Crippen LogP contribution in [0.2, 0.25) is 0 Å². The molecule has 0 aromatic heterocycles. The number of fused-ring (bicyclic) bond motifs is 1. The minimum absolute atomic E-state index is 0.0846. The normalized spacial score (nSPS) is 25.1. The van der Waals surface area contributed by atoms with E-state index in [1.165, 1.54) is 0 Å². The highest BCUT2D eigenvalue weighted by Gasteiger charge is 2.24. The van der Waals surface area contributed by atoms with Crippen LogP contribution >= 0.6 is 0 Å². The Labute approximate surface area is 119 Å². The molecule has 20 heavy (non-hydrogen) atoms. The van der Waals surface area contributed by atoms with E-state index in [-0.39, 0.29) is 12.0 Å². The molecule has 1 aromatic rings. The lowest BCUT2D eigenvalue weighted by atomic mass is 10.0. The van der Waals surface area contributed by atoms with Crippen LogP contribution in [-0.4, -0.2) is 23.7 Å². The molecule has 0 radical (unpaired) electrons. The molecule has 1 aromatic carbocycles. The number of rotatable bonds is 4. The van der Waals surface area contributed by atoms with Crippen molar-refractivity contribution in [1.29, 1.82) is 0 Å². The topological polar surface area (TPSA) is 58.6 Å². The van der Waals surface area contributed by atoms with Gasteiger partial charge in [0.2, 0.25) is 5.91 Å². The molecular formula is C16H21NO3. The summed E-state index contributed by atoms with van der Waals surface area (Å²) >= 11 is 0. The van der Waals surface area contributed by atoms with Gasteiger partial charge in [-0.2, -0.15) is 0 Å². The zero-order valence-electron chi connectivity index (χ0n) is 11.6. The third-order valence-electron chi connectivity index (χ3n) is 4.35. The van der Waals surface area contributed by atoms with Gasteiger partial charge in [0.1, 0.15) is 5.75 Å². The van der Waals surface area contributed by atoms with Crippen LogP contribution in [0.5, 0.6) is 5.75 Å².